The zero-order valence-electron chi connectivity index (χ0n) is 8.02. The maximum Gasteiger partial charge on any atom is 0.151 e. The molecule has 0 unspecified atom stereocenters. The van der Waals surface area contributed by atoms with Gasteiger partial charge in [0.1, 0.15) is 0 Å². The van der Waals surface area contributed by atoms with Crippen LogP contribution < -0.4 is 0 Å². The van der Waals surface area contributed by atoms with Gasteiger partial charge < -0.3 is 0 Å². The van der Waals surface area contributed by atoms with Gasteiger partial charge in [-0.15, -0.1) is 11.6 Å². The molecule has 0 N–H and O–H groups in total. The molecule has 1 aromatic rings. The van der Waals surface area contributed by atoms with Crippen molar-refractivity contribution in [3.63, 3.8) is 0 Å². The quantitative estimate of drug-likeness (QED) is 0.727. The van der Waals surface area contributed by atoms with E-state index in [2.05, 4.69) is 6.92 Å². The standard InChI is InChI=1S/C11H12Cl2O/c1-2-8-3-4-10(13)5-9(8)6-11(14)7-12/h3-5H,2,6-7H2,1H3. The maximum atomic E-state index is 11.2. The number of halogens is 2. The van der Waals surface area contributed by atoms with Gasteiger partial charge in [-0.05, 0) is 29.7 Å². The molecule has 0 aliphatic rings. The molecule has 0 aromatic heterocycles. The van der Waals surface area contributed by atoms with E-state index in [1.165, 1.54) is 0 Å². The highest BCUT2D eigenvalue weighted by Gasteiger charge is 2.06. The number of benzene rings is 1. The second kappa shape index (κ2) is 5.38. The van der Waals surface area contributed by atoms with Crippen molar-refractivity contribution in [3.8, 4) is 0 Å². The van der Waals surface area contributed by atoms with E-state index in [1.54, 1.807) is 0 Å². The predicted molar refractivity (Wildman–Crippen MR) is 60.3 cm³/mol. The first-order chi connectivity index (χ1) is 6.67. The van der Waals surface area contributed by atoms with E-state index in [0.29, 0.717) is 11.4 Å². The smallest absolute Gasteiger partial charge is 0.151 e. The van der Waals surface area contributed by atoms with Gasteiger partial charge in [0.05, 0.1) is 5.88 Å². The lowest BCUT2D eigenvalue weighted by Gasteiger charge is -2.06. The lowest BCUT2D eigenvalue weighted by Crippen LogP contribution is -2.06. The van der Waals surface area contributed by atoms with Crippen LogP contribution in [0, 0.1) is 0 Å². The van der Waals surface area contributed by atoms with Crippen LogP contribution >= 0.6 is 23.2 Å². The summed E-state index contributed by atoms with van der Waals surface area (Å²) in [5.74, 6) is 0.0963. The number of ketones is 1. The molecule has 0 atom stereocenters. The predicted octanol–water partition coefficient (Wildman–Crippen LogP) is 3.25. The molecule has 3 heteroatoms. The Kier molecular flexibility index (Phi) is 4.43. The van der Waals surface area contributed by atoms with Gasteiger partial charge >= 0.3 is 0 Å². The second-order valence-corrected chi connectivity index (χ2v) is 3.82. The Morgan fingerprint density at radius 2 is 2.07 bits per heavy atom. The summed E-state index contributed by atoms with van der Waals surface area (Å²) in [5, 5.41) is 0.666. The van der Waals surface area contributed by atoms with E-state index >= 15 is 0 Å². The molecule has 0 saturated heterocycles. The molecule has 0 heterocycles. The van der Waals surface area contributed by atoms with Crippen LogP contribution in [0.4, 0.5) is 0 Å². The third-order valence-electron chi connectivity index (χ3n) is 2.09. The second-order valence-electron chi connectivity index (χ2n) is 3.12. The van der Waals surface area contributed by atoms with Crippen molar-refractivity contribution in [2.24, 2.45) is 0 Å². The molecule has 1 nitrogen and oxygen atoms in total. The van der Waals surface area contributed by atoms with Crippen LogP contribution in [0.25, 0.3) is 0 Å². The summed E-state index contributed by atoms with van der Waals surface area (Å²) in [7, 11) is 0. The minimum atomic E-state index is 0.0311. The molecular formula is C11H12Cl2O. The third kappa shape index (κ3) is 3.00. The van der Waals surface area contributed by atoms with Gasteiger partial charge in [0, 0.05) is 11.4 Å². The van der Waals surface area contributed by atoms with Crippen molar-refractivity contribution >= 4 is 29.0 Å². The minimum absolute atomic E-state index is 0.0311. The van der Waals surface area contributed by atoms with Crippen LogP contribution in [0.15, 0.2) is 18.2 Å². The lowest BCUT2D eigenvalue weighted by atomic mass is 10.0. The molecule has 0 radical (unpaired) electrons. The average Bonchev–Trinajstić information content (AvgIpc) is 2.18. The third-order valence-corrected chi connectivity index (χ3v) is 2.62. The zero-order valence-corrected chi connectivity index (χ0v) is 9.53. The van der Waals surface area contributed by atoms with Crippen molar-refractivity contribution in [2.45, 2.75) is 19.8 Å². The highest BCUT2D eigenvalue weighted by molar-refractivity contribution is 6.30. The van der Waals surface area contributed by atoms with Gasteiger partial charge in [0.2, 0.25) is 0 Å². The highest BCUT2D eigenvalue weighted by atomic mass is 35.5. The SMILES string of the molecule is CCc1ccc(Cl)cc1CC(=O)CCl. The number of Topliss-reactive ketones (excluding diaryl/α,β-unsaturated/α-hetero) is 1. The fourth-order valence-corrected chi connectivity index (χ4v) is 1.65. The number of aryl methyl sites for hydroxylation is 1. The van der Waals surface area contributed by atoms with Crippen LogP contribution in [-0.4, -0.2) is 11.7 Å². The van der Waals surface area contributed by atoms with Gasteiger partial charge in [-0.25, -0.2) is 0 Å². The number of carbonyl (C=O) groups is 1. The van der Waals surface area contributed by atoms with E-state index in [0.717, 1.165) is 17.5 Å². The number of rotatable bonds is 4. The molecule has 1 rings (SSSR count). The summed E-state index contributed by atoms with van der Waals surface area (Å²) in [4.78, 5) is 11.2. The molecule has 0 amide bonds. The van der Waals surface area contributed by atoms with Crippen molar-refractivity contribution in [3.05, 3.63) is 34.3 Å². The lowest BCUT2D eigenvalue weighted by molar-refractivity contribution is -0.116. The van der Waals surface area contributed by atoms with Crippen LogP contribution in [0.2, 0.25) is 5.02 Å². The van der Waals surface area contributed by atoms with Gasteiger partial charge in [0.25, 0.3) is 0 Å². The number of carbonyl (C=O) groups excluding carboxylic acids is 1. The molecule has 0 spiro atoms. The molecule has 14 heavy (non-hydrogen) atoms. The van der Waals surface area contributed by atoms with Crippen LogP contribution in [-0.2, 0) is 17.6 Å². The summed E-state index contributed by atoms with van der Waals surface area (Å²) >= 11 is 11.3. The van der Waals surface area contributed by atoms with Crippen molar-refractivity contribution < 1.29 is 4.79 Å². The summed E-state index contributed by atoms with van der Waals surface area (Å²) in [6, 6.07) is 5.64. The van der Waals surface area contributed by atoms with Crippen molar-refractivity contribution in [1.29, 1.82) is 0 Å². The van der Waals surface area contributed by atoms with Gasteiger partial charge in [-0.3, -0.25) is 4.79 Å². The molecule has 0 fully saturated rings. The van der Waals surface area contributed by atoms with Crippen LogP contribution in [0.5, 0.6) is 0 Å². The molecular weight excluding hydrogens is 219 g/mol. The van der Waals surface area contributed by atoms with Crippen LogP contribution in [0.3, 0.4) is 0 Å². The van der Waals surface area contributed by atoms with E-state index in [4.69, 9.17) is 23.2 Å². The maximum absolute atomic E-state index is 11.2. The molecule has 0 aliphatic heterocycles. The molecule has 0 bridgehead atoms. The largest absolute Gasteiger partial charge is 0.298 e. The van der Waals surface area contributed by atoms with Gasteiger partial charge in [-0.2, -0.15) is 0 Å². The first kappa shape index (κ1) is 11.5. The summed E-state index contributed by atoms with van der Waals surface area (Å²) in [6.45, 7) is 2.05. The number of hydrogen-bond donors (Lipinski definition) is 0. The minimum Gasteiger partial charge on any atom is -0.298 e. The van der Waals surface area contributed by atoms with E-state index in [9.17, 15) is 4.79 Å². The van der Waals surface area contributed by atoms with E-state index in [-0.39, 0.29) is 11.7 Å². The Bertz CT molecular complexity index is 334. The first-order valence-electron chi connectivity index (χ1n) is 4.52. The van der Waals surface area contributed by atoms with Crippen molar-refractivity contribution in [2.75, 3.05) is 5.88 Å². The monoisotopic (exact) mass is 230 g/mol. The average molecular weight is 231 g/mol. The molecule has 0 saturated carbocycles. The fraction of sp³-hybridized carbons (Fsp3) is 0.364. The Morgan fingerprint density at radius 3 is 2.64 bits per heavy atom. The van der Waals surface area contributed by atoms with Crippen molar-refractivity contribution in [1.82, 2.24) is 0 Å². The van der Waals surface area contributed by atoms with Gasteiger partial charge in [-0.1, -0.05) is 24.6 Å². The number of alkyl halides is 1. The summed E-state index contributed by atoms with van der Waals surface area (Å²) in [6.07, 6.45) is 1.29. The van der Waals surface area contributed by atoms with E-state index in [1.807, 2.05) is 18.2 Å². The summed E-state index contributed by atoms with van der Waals surface area (Å²) < 4.78 is 0. The Morgan fingerprint density at radius 1 is 1.36 bits per heavy atom. The topological polar surface area (TPSA) is 17.1 Å². The summed E-state index contributed by atoms with van der Waals surface area (Å²) in [5.41, 5.74) is 2.15. The Labute approximate surface area is 94.0 Å². The Hall–Kier alpha value is -0.530. The van der Waals surface area contributed by atoms with Gasteiger partial charge in [0.15, 0.2) is 5.78 Å². The molecule has 76 valence electrons. The molecule has 1 aromatic carbocycles. The zero-order chi connectivity index (χ0) is 10.6. The Balaban J connectivity index is 2.93. The highest BCUT2D eigenvalue weighted by Crippen LogP contribution is 2.17. The number of hydrogen-bond acceptors (Lipinski definition) is 1. The first-order valence-corrected chi connectivity index (χ1v) is 5.43. The fourth-order valence-electron chi connectivity index (χ4n) is 1.36. The van der Waals surface area contributed by atoms with E-state index < -0.39 is 0 Å². The molecule has 0 aliphatic carbocycles. The normalized spacial score (nSPS) is 10.2. The van der Waals surface area contributed by atoms with Crippen LogP contribution in [0.1, 0.15) is 18.1 Å².